The van der Waals surface area contributed by atoms with Gasteiger partial charge in [-0.15, -0.1) is 0 Å². The van der Waals surface area contributed by atoms with Crippen molar-refractivity contribution in [3.63, 3.8) is 0 Å². The van der Waals surface area contributed by atoms with Crippen LogP contribution in [-0.4, -0.2) is 17.1 Å². The maximum Gasteiger partial charge on any atom is 0.319 e. The molecule has 3 amide bonds. The van der Waals surface area contributed by atoms with Gasteiger partial charge in [-0.2, -0.15) is 0 Å². The smallest absolute Gasteiger partial charge is 0.319 e. The van der Waals surface area contributed by atoms with Gasteiger partial charge in [-0.1, -0.05) is 47.1 Å². The molecule has 9 heteroatoms. The SMILES string of the molecule is NC(=O)c1cccc2onc(-c3ccccc3CNC(=O)Nc3ccc(Cl)cc3F)c12. The average Bonchev–Trinajstić information content (AvgIpc) is 3.18. The van der Waals surface area contributed by atoms with Crippen LogP contribution in [0.1, 0.15) is 15.9 Å². The van der Waals surface area contributed by atoms with Crippen LogP contribution in [0.3, 0.4) is 0 Å². The van der Waals surface area contributed by atoms with E-state index < -0.39 is 17.8 Å². The zero-order valence-corrected chi connectivity index (χ0v) is 16.7. The summed E-state index contributed by atoms with van der Waals surface area (Å²) in [6.07, 6.45) is 0. The molecule has 0 aliphatic heterocycles. The van der Waals surface area contributed by atoms with Crippen LogP contribution in [-0.2, 0) is 6.54 Å². The molecular formula is C22H16ClFN4O3. The number of carbonyl (C=O) groups excluding carboxylic acids is 2. The van der Waals surface area contributed by atoms with Gasteiger partial charge in [0.15, 0.2) is 5.58 Å². The molecule has 0 spiro atoms. The second-order valence-electron chi connectivity index (χ2n) is 6.66. The highest BCUT2D eigenvalue weighted by Gasteiger charge is 2.19. The lowest BCUT2D eigenvalue weighted by Crippen LogP contribution is -2.28. The van der Waals surface area contributed by atoms with Crippen molar-refractivity contribution >= 4 is 40.2 Å². The minimum absolute atomic E-state index is 0.00350. The van der Waals surface area contributed by atoms with Gasteiger partial charge in [0.05, 0.1) is 16.6 Å². The molecule has 0 saturated heterocycles. The standard InChI is InChI=1S/C22H16ClFN4O3/c23-13-8-9-17(16(24)10-13)27-22(30)26-11-12-4-1-2-5-14(12)20-19-15(21(25)29)6-3-7-18(19)31-28-20/h1-10H,11H2,(H2,25,29)(H2,26,27,30). The Balaban J connectivity index is 1.59. The van der Waals surface area contributed by atoms with Gasteiger partial charge >= 0.3 is 6.03 Å². The first-order valence-electron chi connectivity index (χ1n) is 9.20. The molecule has 31 heavy (non-hydrogen) atoms. The number of carbonyl (C=O) groups is 2. The molecule has 3 aromatic carbocycles. The Morgan fingerprint density at radius 3 is 2.68 bits per heavy atom. The highest BCUT2D eigenvalue weighted by molar-refractivity contribution is 6.30. The van der Waals surface area contributed by atoms with Crippen LogP contribution in [0.2, 0.25) is 5.02 Å². The molecule has 0 saturated carbocycles. The third kappa shape index (κ3) is 4.19. The van der Waals surface area contributed by atoms with Crippen molar-refractivity contribution in [3.8, 4) is 11.3 Å². The molecule has 4 N–H and O–H groups in total. The quantitative estimate of drug-likeness (QED) is 0.419. The Morgan fingerprint density at radius 1 is 1.10 bits per heavy atom. The maximum absolute atomic E-state index is 13.9. The Morgan fingerprint density at radius 2 is 1.90 bits per heavy atom. The first-order chi connectivity index (χ1) is 14.9. The van der Waals surface area contributed by atoms with Gasteiger partial charge in [0.2, 0.25) is 5.91 Å². The second-order valence-corrected chi connectivity index (χ2v) is 7.10. The van der Waals surface area contributed by atoms with Gasteiger partial charge in [0.25, 0.3) is 0 Å². The van der Waals surface area contributed by atoms with E-state index in [2.05, 4.69) is 15.8 Å². The number of rotatable bonds is 5. The van der Waals surface area contributed by atoms with Crippen LogP contribution in [0.15, 0.2) is 65.2 Å². The number of hydrogen-bond donors (Lipinski definition) is 3. The lowest BCUT2D eigenvalue weighted by Gasteiger charge is -2.11. The normalized spacial score (nSPS) is 10.8. The molecule has 4 rings (SSSR count). The highest BCUT2D eigenvalue weighted by atomic mass is 35.5. The molecule has 7 nitrogen and oxygen atoms in total. The van der Waals surface area contributed by atoms with Crippen LogP contribution in [0.5, 0.6) is 0 Å². The van der Waals surface area contributed by atoms with Crippen molar-refractivity contribution in [3.05, 3.63) is 82.6 Å². The van der Waals surface area contributed by atoms with E-state index in [4.69, 9.17) is 21.9 Å². The molecule has 4 aromatic rings. The molecule has 0 radical (unpaired) electrons. The number of urea groups is 1. The minimum atomic E-state index is -0.643. The van der Waals surface area contributed by atoms with E-state index >= 15 is 0 Å². The molecule has 0 aliphatic carbocycles. The number of anilines is 1. The fourth-order valence-electron chi connectivity index (χ4n) is 3.22. The molecule has 1 aromatic heterocycles. The Bertz CT molecular complexity index is 1310. The zero-order valence-electron chi connectivity index (χ0n) is 16.0. The minimum Gasteiger partial charge on any atom is -0.366 e. The van der Waals surface area contributed by atoms with E-state index in [-0.39, 0.29) is 22.8 Å². The van der Waals surface area contributed by atoms with Gasteiger partial charge in [0, 0.05) is 17.1 Å². The van der Waals surface area contributed by atoms with Gasteiger partial charge in [-0.3, -0.25) is 4.79 Å². The van der Waals surface area contributed by atoms with E-state index in [0.29, 0.717) is 27.8 Å². The van der Waals surface area contributed by atoms with Gasteiger partial charge in [-0.25, -0.2) is 9.18 Å². The highest BCUT2D eigenvalue weighted by Crippen LogP contribution is 2.32. The molecule has 156 valence electrons. The first-order valence-corrected chi connectivity index (χ1v) is 9.58. The predicted molar refractivity (Wildman–Crippen MR) is 115 cm³/mol. The summed E-state index contributed by atoms with van der Waals surface area (Å²) in [7, 11) is 0. The lowest BCUT2D eigenvalue weighted by molar-refractivity contribution is 0.100. The number of nitrogens with two attached hydrogens (primary N) is 1. The monoisotopic (exact) mass is 438 g/mol. The summed E-state index contributed by atoms with van der Waals surface area (Å²) in [5.41, 5.74) is 8.02. The van der Waals surface area contributed by atoms with E-state index in [1.165, 1.54) is 12.1 Å². The number of primary amides is 1. The summed E-state index contributed by atoms with van der Waals surface area (Å²) < 4.78 is 19.3. The predicted octanol–water partition coefficient (Wildman–Crippen LogP) is 4.71. The Hall–Kier alpha value is -3.91. The van der Waals surface area contributed by atoms with Crippen molar-refractivity contribution in [2.24, 2.45) is 5.73 Å². The van der Waals surface area contributed by atoms with Crippen LogP contribution in [0, 0.1) is 5.82 Å². The molecule has 0 unspecified atom stereocenters. The van der Waals surface area contributed by atoms with Crippen molar-refractivity contribution in [2.45, 2.75) is 6.54 Å². The fraction of sp³-hybridized carbons (Fsp3) is 0.0455. The molecular weight excluding hydrogens is 423 g/mol. The summed E-state index contributed by atoms with van der Waals surface area (Å²) in [6.45, 7) is 0.115. The summed E-state index contributed by atoms with van der Waals surface area (Å²) in [5, 5.41) is 9.95. The lowest BCUT2D eigenvalue weighted by atomic mass is 9.99. The summed E-state index contributed by atoms with van der Waals surface area (Å²) in [6, 6.07) is 15.5. The number of aromatic nitrogens is 1. The van der Waals surface area contributed by atoms with E-state index in [0.717, 1.165) is 6.07 Å². The number of nitrogens with one attached hydrogen (secondary N) is 2. The Kier molecular flexibility index (Phi) is 5.55. The average molecular weight is 439 g/mol. The van der Waals surface area contributed by atoms with Crippen LogP contribution in [0.4, 0.5) is 14.9 Å². The number of fused-ring (bicyclic) bond motifs is 1. The zero-order chi connectivity index (χ0) is 22.0. The molecule has 0 aliphatic rings. The Labute approximate surface area is 181 Å². The third-order valence-corrected chi connectivity index (χ3v) is 4.89. The largest absolute Gasteiger partial charge is 0.366 e. The van der Waals surface area contributed by atoms with E-state index in [9.17, 15) is 14.0 Å². The van der Waals surface area contributed by atoms with Crippen molar-refractivity contribution in [1.29, 1.82) is 0 Å². The fourth-order valence-corrected chi connectivity index (χ4v) is 3.38. The second kappa shape index (κ2) is 8.45. The molecule has 1 heterocycles. The van der Waals surface area contributed by atoms with Crippen LogP contribution >= 0.6 is 11.6 Å². The van der Waals surface area contributed by atoms with E-state index in [1.807, 2.05) is 0 Å². The summed E-state index contributed by atoms with van der Waals surface area (Å²) in [5.74, 6) is -1.24. The summed E-state index contributed by atoms with van der Waals surface area (Å²) >= 11 is 5.72. The van der Waals surface area contributed by atoms with Gasteiger partial charge in [-0.05, 0) is 35.9 Å². The van der Waals surface area contributed by atoms with E-state index in [1.54, 1.807) is 42.5 Å². The topological polar surface area (TPSA) is 110 Å². The van der Waals surface area contributed by atoms with Crippen molar-refractivity contribution < 1.29 is 18.5 Å². The first kappa shape index (κ1) is 20.4. The van der Waals surface area contributed by atoms with Gasteiger partial charge < -0.3 is 20.9 Å². The van der Waals surface area contributed by atoms with Crippen molar-refractivity contribution in [1.82, 2.24) is 10.5 Å². The van der Waals surface area contributed by atoms with Crippen molar-refractivity contribution in [2.75, 3.05) is 5.32 Å². The number of benzene rings is 3. The van der Waals surface area contributed by atoms with Crippen LogP contribution in [0.25, 0.3) is 22.2 Å². The number of hydrogen-bond acceptors (Lipinski definition) is 4. The summed E-state index contributed by atoms with van der Waals surface area (Å²) in [4.78, 5) is 24.1. The number of amides is 3. The molecule has 0 atom stereocenters. The maximum atomic E-state index is 13.9. The molecule has 0 fully saturated rings. The van der Waals surface area contributed by atoms with Gasteiger partial charge in [0.1, 0.15) is 11.5 Å². The number of halogens is 2. The number of nitrogens with zero attached hydrogens (tertiary/aromatic N) is 1. The third-order valence-electron chi connectivity index (χ3n) is 4.65. The molecule has 0 bridgehead atoms. The van der Waals surface area contributed by atoms with Crippen LogP contribution < -0.4 is 16.4 Å².